The third-order valence-corrected chi connectivity index (χ3v) is 3.99. The fourth-order valence-corrected chi connectivity index (χ4v) is 2.89. The first-order valence-corrected chi connectivity index (χ1v) is 7.60. The highest BCUT2D eigenvalue weighted by Gasteiger charge is 2.20. The van der Waals surface area contributed by atoms with Crippen molar-refractivity contribution in [1.29, 1.82) is 5.26 Å². The van der Waals surface area contributed by atoms with E-state index in [1.807, 2.05) is 24.3 Å². The van der Waals surface area contributed by atoms with Gasteiger partial charge in [-0.15, -0.1) is 0 Å². The van der Waals surface area contributed by atoms with Crippen molar-refractivity contribution in [2.75, 3.05) is 19.6 Å². The van der Waals surface area contributed by atoms with Crippen molar-refractivity contribution in [3.8, 4) is 6.07 Å². The summed E-state index contributed by atoms with van der Waals surface area (Å²) in [6.07, 6.45) is 2.26. The zero-order chi connectivity index (χ0) is 14.4. The molecular formula is C15H18BrN3O. The molecule has 106 valence electrons. The molecule has 1 aliphatic rings. The molecule has 0 unspecified atom stereocenters. The highest BCUT2D eigenvalue weighted by atomic mass is 79.9. The smallest absolute Gasteiger partial charge is 0.224 e. The van der Waals surface area contributed by atoms with Crippen LogP contribution < -0.4 is 5.32 Å². The Balaban J connectivity index is 1.77. The van der Waals surface area contributed by atoms with Crippen molar-refractivity contribution in [3.63, 3.8) is 0 Å². The minimum Gasteiger partial charge on any atom is -0.353 e. The maximum Gasteiger partial charge on any atom is 0.224 e. The molecule has 0 aromatic heterocycles. The quantitative estimate of drug-likeness (QED) is 0.857. The van der Waals surface area contributed by atoms with Gasteiger partial charge in [0.1, 0.15) is 0 Å². The Kier molecular flexibility index (Phi) is 5.57. The number of amides is 1. The molecule has 20 heavy (non-hydrogen) atoms. The molecule has 4 nitrogen and oxygen atoms in total. The Bertz CT molecular complexity index is 504. The van der Waals surface area contributed by atoms with E-state index in [1.54, 1.807) is 0 Å². The van der Waals surface area contributed by atoms with E-state index in [-0.39, 0.29) is 11.9 Å². The number of hydrogen-bond donors (Lipinski definition) is 1. The van der Waals surface area contributed by atoms with Crippen LogP contribution in [0.5, 0.6) is 0 Å². The van der Waals surface area contributed by atoms with Gasteiger partial charge < -0.3 is 5.32 Å². The number of rotatable bonds is 4. The largest absolute Gasteiger partial charge is 0.353 e. The van der Waals surface area contributed by atoms with Gasteiger partial charge in [-0.1, -0.05) is 28.1 Å². The standard InChI is InChI=1S/C15H18BrN3O/c16-13-3-1-2-12(10-13)11-15(20)18-14-4-7-19(8-5-14)9-6-17/h1-3,10,14H,4-5,7-9,11H2,(H,18,20). The number of nitriles is 1. The molecule has 1 amide bonds. The van der Waals surface area contributed by atoms with Gasteiger partial charge in [0, 0.05) is 23.6 Å². The van der Waals surface area contributed by atoms with E-state index in [2.05, 4.69) is 32.2 Å². The lowest BCUT2D eigenvalue weighted by Gasteiger charge is -2.30. The van der Waals surface area contributed by atoms with Crippen LogP contribution in [0.4, 0.5) is 0 Å². The molecule has 1 saturated heterocycles. The van der Waals surface area contributed by atoms with Gasteiger partial charge in [-0.25, -0.2) is 0 Å². The van der Waals surface area contributed by atoms with Gasteiger partial charge in [0.05, 0.1) is 19.0 Å². The summed E-state index contributed by atoms with van der Waals surface area (Å²) in [4.78, 5) is 14.1. The molecule has 1 heterocycles. The molecule has 0 saturated carbocycles. The van der Waals surface area contributed by atoms with Gasteiger partial charge in [0.15, 0.2) is 0 Å². The number of carbonyl (C=O) groups is 1. The average Bonchev–Trinajstić information content (AvgIpc) is 2.41. The van der Waals surface area contributed by atoms with Crippen molar-refractivity contribution in [3.05, 3.63) is 34.3 Å². The average molecular weight is 336 g/mol. The molecule has 2 rings (SSSR count). The molecule has 1 aliphatic heterocycles. The summed E-state index contributed by atoms with van der Waals surface area (Å²) in [5.41, 5.74) is 1.01. The van der Waals surface area contributed by atoms with Gasteiger partial charge in [0.2, 0.25) is 5.91 Å². The van der Waals surface area contributed by atoms with Crippen LogP contribution in [0.3, 0.4) is 0 Å². The maximum absolute atomic E-state index is 12.0. The predicted octanol–water partition coefficient (Wildman–Crippen LogP) is 2.10. The zero-order valence-electron chi connectivity index (χ0n) is 11.3. The molecule has 0 spiro atoms. The van der Waals surface area contributed by atoms with Crippen molar-refractivity contribution in [2.45, 2.75) is 25.3 Å². The van der Waals surface area contributed by atoms with Crippen LogP contribution >= 0.6 is 15.9 Å². The third kappa shape index (κ3) is 4.62. The SMILES string of the molecule is N#CCN1CCC(NC(=O)Cc2cccc(Br)c2)CC1. The van der Waals surface area contributed by atoms with Crippen molar-refractivity contribution in [1.82, 2.24) is 10.2 Å². The van der Waals surface area contributed by atoms with E-state index >= 15 is 0 Å². The molecule has 0 aliphatic carbocycles. The molecule has 1 N–H and O–H groups in total. The van der Waals surface area contributed by atoms with E-state index in [4.69, 9.17) is 5.26 Å². The number of nitrogens with one attached hydrogen (secondary N) is 1. The highest BCUT2D eigenvalue weighted by molar-refractivity contribution is 9.10. The van der Waals surface area contributed by atoms with Crippen molar-refractivity contribution >= 4 is 21.8 Å². The monoisotopic (exact) mass is 335 g/mol. The van der Waals surface area contributed by atoms with E-state index < -0.39 is 0 Å². The van der Waals surface area contributed by atoms with Crippen LogP contribution in [0.25, 0.3) is 0 Å². The van der Waals surface area contributed by atoms with Gasteiger partial charge in [-0.2, -0.15) is 5.26 Å². The van der Waals surface area contributed by atoms with Gasteiger partial charge in [0.25, 0.3) is 0 Å². The van der Waals surface area contributed by atoms with Crippen LogP contribution in [-0.4, -0.2) is 36.5 Å². The molecular weight excluding hydrogens is 318 g/mol. The van der Waals surface area contributed by atoms with E-state index in [0.717, 1.165) is 36.0 Å². The third-order valence-electron chi connectivity index (χ3n) is 3.50. The van der Waals surface area contributed by atoms with Gasteiger partial charge in [-0.3, -0.25) is 9.69 Å². The second kappa shape index (κ2) is 7.41. The van der Waals surface area contributed by atoms with Gasteiger partial charge >= 0.3 is 0 Å². The summed E-state index contributed by atoms with van der Waals surface area (Å²) in [6.45, 7) is 2.25. The Morgan fingerprint density at radius 2 is 2.20 bits per heavy atom. The lowest BCUT2D eigenvalue weighted by molar-refractivity contribution is -0.121. The fraction of sp³-hybridized carbons (Fsp3) is 0.467. The highest BCUT2D eigenvalue weighted by Crippen LogP contribution is 2.13. The predicted molar refractivity (Wildman–Crippen MR) is 81.1 cm³/mol. The lowest BCUT2D eigenvalue weighted by Crippen LogP contribution is -2.45. The molecule has 1 aromatic rings. The topological polar surface area (TPSA) is 56.1 Å². The summed E-state index contributed by atoms with van der Waals surface area (Å²) in [7, 11) is 0. The van der Waals surface area contributed by atoms with Crippen LogP contribution in [0, 0.1) is 11.3 Å². The first kappa shape index (κ1) is 15.0. The van der Waals surface area contributed by atoms with Crippen LogP contribution in [0.1, 0.15) is 18.4 Å². The summed E-state index contributed by atoms with van der Waals surface area (Å²) in [5.74, 6) is 0.0711. The van der Waals surface area contributed by atoms with Crippen LogP contribution in [0.2, 0.25) is 0 Å². The first-order valence-electron chi connectivity index (χ1n) is 6.80. The number of halogens is 1. The lowest BCUT2D eigenvalue weighted by atomic mass is 10.0. The minimum absolute atomic E-state index is 0.0711. The van der Waals surface area contributed by atoms with E-state index in [1.165, 1.54) is 0 Å². The number of likely N-dealkylation sites (tertiary alicyclic amines) is 1. The summed E-state index contributed by atoms with van der Waals surface area (Å²) >= 11 is 3.41. The molecule has 1 fully saturated rings. The Morgan fingerprint density at radius 1 is 1.45 bits per heavy atom. The molecule has 0 atom stereocenters. The number of hydrogen-bond acceptors (Lipinski definition) is 3. The van der Waals surface area contributed by atoms with Crippen LogP contribution in [0.15, 0.2) is 28.7 Å². The molecule has 0 radical (unpaired) electrons. The minimum atomic E-state index is 0.0711. The Labute approximate surface area is 127 Å². The normalized spacial score (nSPS) is 16.6. The van der Waals surface area contributed by atoms with Gasteiger partial charge in [-0.05, 0) is 30.5 Å². The summed E-state index contributed by atoms with van der Waals surface area (Å²) < 4.78 is 0.993. The maximum atomic E-state index is 12.0. The second-order valence-electron chi connectivity index (χ2n) is 5.08. The van der Waals surface area contributed by atoms with E-state index in [0.29, 0.717) is 13.0 Å². The molecule has 5 heteroatoms. The van der Waals surface area contributed by atoms with Crippen molar-refractivity contribution < 1.29 is 4.79 Å². The first-order chi connectivity index (χ1) is 9.67. The Morgan fingerprint density at radius 3 is 2.85 bits per heavy atom. The number of benzene rings is 1. The Hall–Kier alpha value is -1.38. The fourth-order valence-electron chi connectivity index (χ4n) is 2.45. The number of carbonyl (C=O) groups excluding carboxylic acids is 1. The molecule has 0 bridgehead atoms. The van der Waals surface area contributed by atoms with Crippen LogP contribution in [-0.2, 0) is 11.2 Å². The number of piperidine rings is 1. The second-order valence-corrected chi connectivity index (χ2v) is 6.00. The summed E-state index contributed by atoms with van der Waals surface area (Å²) in [5, 5.41) is 11.7. The number of nitrogens with zero attached hydrogens (tertiary/aromatic N) is 2. The van der Waals surface area contributed by atoms with Crippen molar-refractivity contribution in [2.24, 2.45) is 0 Å². The van der Waals surface area contributed by atoms with E-state index in [9.17, 15) is 4.79 Å². The summed E-state index contributed by atoms with van der Waals surface area (Å²) in [6, 6.07) is 10.2. The molecule has 1 aromatic carbocycles. The zero-order valence-corrected chi connectivity index (χ0v) is 12.9.